The van der Waals surface area contributed by atoms with Crippen LogP contribution in [0.3, 0.4) is 0 Å². The average molecular weight is 408 g/mol. The number of imidazole rings is 1. The molecule has 2 aromatic heterocycles. The maximum atomic E-state index is 10.9. The molecule has 7 nitrogen and oxygen atoms in total. The fourth-order valence-corrected chi connectivity index (χ4v) is 2.99. The van der Waals surface area contributed by atoms with Crippen LogP contribution in [0.4, 0.5) is 17.5 Å². The molecule has 0 saturated heterocycles. The average Bonchev–Trinajstić information content (AvgIpc) is 3.04. The van der Waals surface area contributed by atoms with Crippen LogP contribution in [0.2, 0.25) is 5.02 Å². The van der Waals surface area contributed by atoms with Gasteiger partial charge in [0.1, 0.15) is 17.3 Å². The highest BCUT2D eigenvalue weighted by Gasteiger charge is 2.10. The highest BCUT2D eigenvalue weighted by atomic mass is 35.5. The number of nitrogens with one attached hydrogen (secondary N) is 1. The van der Waals surface area contributed by atoms with Gasteiger partial charge in [0, 0.05) is 43.1 Å². The van der Waals surface area contributed by atoms with Crippen molar-refractivity contribution < 1.29 is 9.53 Å². The number of benzene rings is 2. The Morgan fingerprint density at radius 1 is 1.10 bits per heavy atom. The van der Waals surface area contributed by atoms with Crippen molar-refractivity contribution >= 4 is 46.5 Å². The van der Waals surface area contributed by atoms with Gasteiger partial charge in [-0.15, -0.1) is 0 Å². The third kappa shape index (κ3) is 4.00. The number of aromatic nitrogens is 3. The van der Waals surface area contributed by atoms with E-state index < -0.39 is 0 Å². The van der Waals surface area contributed by atoms with Gasteiger partial charge in [0.05, 0.1) is 11.0 Å². The zero-order chi connectivity index (χ0) is 20.4. The number of carbonyl (C=O) groups excluding carboxylic acids is 1. The summed E-state index contributed by atoms with van der Waals surface area (Å²) in [5.74, 6) is 2.43. The molecule has 8 heteroatoms. The number of aryl methyl sites for hydroxylation is 1. The van der Waals surface area contributed by atoms with E-state index in [-0.39, 0.29) is 0 Å². The lowest BCUT2D eigenvalue weighted by atomic mass is 10.3. The number of anilines is 3. The first kappa shape index (κ1) is 18.8. The Kier molecular flexibility index (Phi) is 5.05. The number of amides is 1. The normalized spacial score (nSPS) is 10.7. The SMILES string of the molecule is CN(C=O)c1cc(Oc2ccc3c(c2)nc(Nc2ccc(Cl)cc2)n3C)ccn1. The lowest BCUT2D eigenvalue weighted by molar-refractivity contribution is -0.107. The van der Waals surface area contributed by atoms with E-state index in [4.69, 9.17) is 16.3 Å². The van der Waals surface area contributed by atoms with E-state index in [0.717, 1.165) is 16.7 Å². The lowest BCUT2D eigenvalue weighted by Crippen LogP contribution is -2.14. The van der Waals surface area contributed by atoms with Crippen molar-refractivity contribution in [2.75, 3.05) is 17.3 Å². The topological polar surface area (TPSA) is 72.3 Å². The molecule has 1 N–H and O–H groups in total. The van der Waals surface area contributed by atoms with Gasteiger partial charge in [0.25, 0.3) is 0 Å². The minimum Gasteiger partial charge on any atom is -0.457 e. The Labute approximate surface area is 172 Å². The predicted octanol–water partition coefficient (Wildman–Crippen LogP) is 4.75. The van der Waals surface area contributed by atoms with E-state index in [9.17, 15) is 4.79 Å². The van der Waals surface area contributed by atoms with Gasteiger partial charge in [-0.3, -0.25) is 4.79 Å². The molecule has 0 aliphatic heterocycles. The summed E-state index contributed by atoms with van der Waals surface area (Å²) in [6.07, 6.45) is 2.29. The van der Waals surface area contributed by atoms with Gasteiger partial charge >= 0.3 is 0 Å². The molecule has 0 saturated carbocycles. The van der Waals surface area contributed by atoms with Gasteiger partial charge in [0.2, 0.25) is 12.4 Å². The number of halogens is 1. The molecule has 0 radical (unpaired) electrons. The minimum absolute atomic E-state index is 0.505. The van der Waals surface area contributed by atoms with Gasteiger partial charge in [-0.05, 0) is 42.5 Å². The first-order valence-corrected chi connectivity index (χ1v) is 9.22. The minimum atomic E-state index is 0.505. The van der Waals surface area contributed by atoms with E-state index in [2.05, 4.69) is 15.3 Å². The molecule has 146 valence electrons. The number of fused-ring (bicyclic) bond motifs is 1. The summed E-state index contributed by atoms with van der Waals surface area (Å²) in [4.78, 5) is 21.1. The monoisotopic (exact) mass is 407 g/mol. The second-order valence-corrected chi connectivity index (χ2v) is 6.88. The van der Waals surface area contributed by atoms with Gasteiger partial charge in [-0.2, -0.15) is 0 Å². The summed E-state index contributed by atoms with van der Waals surface area (Å²) < 4.78 is 7.90. The second-order valence-electron chi connectivity index (χ2n) is 6.44. The van der Waals surface area contributed by atoms with Crippen LogP contribution >= 0.6 is 11.6 Å². The van der Waals surface area contributed by atoms with Crippen LogP contribution in [0.5, 0.6) is 11.5 Å². The number of carbonyl (C=O) groups is 1. The highest BCUT2D eigenvalue weighted by molar-refractivity contribution is 6.30. The molecule has 0 aliphatic carbocycles. The Balaban J connectivity index is 1.59. The third-order valence-corrected chi connectivity index (χ3v) is 4.68. The van der Waals surface area contributed by atoms with E-state index >= 15 is 0 Å². The molecule has 1 amide bonds. The standard InChI is InChI=1S/C21H18ClN5O2/c1-26(13-28)20-12-17(9-10-23-20)29-16-7-8-19-18(11-16)25-21(27(19)2)24-15-5-3-14(22)4-6-15/h3-13H,1-2H3,(H,24,25). The fraction of sp³-hybridized carbons (Fsp3) is 0.0952. The number of hydrogen-bond donors (Lipinski definition) is 1. The van der Waals surface area contributed by atoms with Crippen LogP contribution in [-0.2, 0) is 11.8 Å². The quantitative estimate of drug-likeness (QED) is 0.467. The molecule has 2 aromatic carbocycles. The van der Waals surface area contributed by atoms with Gasteiger partial charge < -0.3 is 19.5 Å². The number of hydrogen-bond acceptors (Lipinski definition) is 5. The molecule has 4 rings (SSSR count). The number of rotatable bonds is 6. The molecule has 0 aliphatic rings. The summed E-state index contributed by atoms with van der Waals surface area (Å²) in [6, 6.07) is 16.6. The van der Waals surface area contributed by atoms with Crippen molar-refractivity contribution in [3.8, 4) is 11.5 Å². The molecule has 2 heterocycles. The van der Waals surface area contributed by atoms with Crippen molar-refractivity contribution in [1.29, 1.82) is 0 Å². The van der Waals surface area contributed by atoms with E-state index in [1.165, 1.54) is 4.90 Å². The maximum absolute atomic E-state index is 10.9. The van der Waals surface area contributed by atoms with Gasteiger partial charge in [0.15, 0.2) is 0 Å². The van der Waals surface area contributed by atoms with Crippen molar-refractivity contribution in [2.24, 2.45) is 7.05 Å². The molecular weight excluding hydrogens is 390 g/mol. The van der Waals surface area contributed by atoms with Crippen LogP contribution in [0, 0.1) is 0 Å². The van der Waals surface area contributed by atoms with Crippen LogP contribution in [0.25, 0.3) is 11.0 Å². The van der Waals surface area contributed by atoms with Gasteiger partial charge in [-0.1, -0.05) is 11.6 Å². The van der Waals surface area contributed by atoms with Crippen molar-refractivity contribution in [3.63, 3.8) is 0 Å². The highest BCUT2D eigenvalue weighted by Crippen LogP contribution is 2.29. The van der Waals surface area contributed by atoms with E-state index in [1.807, 2.05) is 54.1 Å². The predicted molar refractivity (Wildman–Crippen MR) is 114 cm³/mol. The van der Waals surface area contributed by atoms with Crippen molar-refractivity contribution in [2.45, 2.75) is 0 Å². The summed E-state index contributed by atoms with van der Waals surface area (Å²) in [5.41, 5.74) is 2.65. The summed E-state index contributed by atoms with van der Waals surface area (Å²) >= 11 is 5.94. The Morgan fingerprint density at radius 2 is 1.86 bits per heavy atom. The molecule has 0 atom stereocenters. The number of ether oxygens (including phenoxy) is 1. The Bertz CT molecular complexity index is 1170. The summed E-state index contributed by atoms with van der Waals surface area (Å²) in [7, 11) is 3.58. The molecule has 0 unspecified atom stereocenters. The van der Waals surface area contributed by atoms with Crippen LogP contribution in [0.1, 0.15) is 0 Å². The largest absolute Gasteiger partial charge is 0.457 e. The first-order chi connectivity index (χ1) is 14.0. The van der Waals surface area contributed by atoms with Crippen molar-refractivity contribution in [3.05, 3.63) is 65.8 Å². The number of nitrogens with zero attached hydrogens (tertiary/aromatic N) is 4. The molecule has 29 heavy (non-hydrogen) atoms. The number of pyridine rings is 1. The summed E-state index contributed by atoms with van der Waals surface area (Å²) in [5, 5.41) is 3.97. The zero-order valence-electron chi connectivity index (χ0n) is 15.8. The Hall–Kier alpha value is -3.58. The van der Waals surface area contributed by atoms with Crippen LogP contribution in [0.15, 0.2) is 60.8 Å². The Morgan fingerprint density at radius 3 is 2.62 bits per heavy atom. The maximum Gasteiger partial charge on any atom is 0.215 e. The fourth-order valence-electron chi connectivity index (χ4n) is 2.86. The molecular formula is C21H18ClN5O2. The smallest absolute Gasteiger partial charge is 0.215 e. The first-order valence-electron chi connectivity index (χ1n) is 8.84. The summed E-state index contributed by atoms with van der Waals surface area (Å²) in [6.45, 7) is 0. The lowest BCUT2D eigenvalue weighted by Gasteiger charge is -2.11. The van der Waals surface area contributed by atoms with Crippen LogP contribution < -0.4 is 15.0 Å². The van der Waals surface area contributed by atoms with Crippen molar-refractivity contribution in [1.82, 2.24) is 14.5 Å². The van der Waals surface area contributed by atoms with Crippen LogP contribution in [-0.4, -0.2) is 28.0 Å². The van der Waals surface area contributed by atoms with E-state index in [1.54, 1.807) is 25.4 Å². The molecule has 4 aromatic rings. The molecule has 0 spiro atoms. The molecule has 0 fully saturated rings. The van der Waals surface area contributed by atoms with E-state index in [0.29, 0.717) is 34.7 Å². The van der Waals surface area contributed by atoms with Gasteiger partial charge in [-0.25, -0.2) is 9.97 Å². The molecule has 0 bridgehead atoms. The third-order valence-electron chi connectivity index (χ3n) is 4.42. The second kappa shape index (κ2) is 7.81. The zero-order valence-corrected chi connectivity index (χ0v) is 16.6.